The molecule has 0 amide bonds. The number of fused-ring (bicyclic) bond motifs is 1. The second-order valence-electron chi connectivity index (χ2n) is 3.87. The van der Waals surface area contributed by atoms with Gasteiger partial charge in [0, 0.05) is 16.6 Å². The number of hydrogen-bond donors (Lipinski definition) is 0. The van der Waals surface area contributed by atoms with Crippen LogP contribution in [0.1, 0.15) is 5.76 Å². The van der Waals surface area contributed by atoms with Crippen molar-refractivity contribution in [2.75, 3.05) is 0 Å². The molecule has 0 unspecified atom stereocenters. The van der Waals surface area contributed by atoms with Gasteiger partial charge in [-0.15, -0.1) is 0 Å². The van der Waals surface area contributed by atoms with Crippen molar-refractivity contribution in [3.05, 3.63) is 59.6 Å². The first-order chi connectivity index (χ1) is 8.81. The van der Waals surface area contributed by atoms with Crippen molar-refractivity contribution in [2.45, 2.75) is 6.61 Å². The van der Waals surface area contributed by atoms with Gasteiger partial charge >= 0.3 is 0 Å². The van der Waals surface area contributed by atoms with E-state index in [1.54, 1.807) is 18.5 Å². The van der Waals surface area contributed by atoms with Crippen LogP contribution < -0.4 is 4.74 Å². The normalized spacial score (nSPS) is 10.7. The predicted molar refractivity (Wildman–Crippen MR) is 69.8 cm³/mol. The smallest absolute Gasteiger partial charge is 0.146 e. The highest BCUT2D eigenvalue weighted by Crippen LogP contribution is 2.23. The molecule has 1 aromatic carbocycles. The van der Waals surface area contributed by atoms with Gasteiger partial charge in [0.1, 0.15) is 23.7 Å². The van der Waals surface area contributed by atoms with Crippen molar-refractivity contribution in [2.24, 2.45) is 0 Å². The summed E-state index contributed by atoms with van der Waals surface area (Å²) in [4.78, 5) is 3.98. The van der Waals surface area contributed by atoms with E-state index in [1.807, 2.05) is 30.3 Å². The molecular weight excluding hydrogens is 250 g/mol. The zero-order valence-electron chi connectivity index (χ0n) is 9.47. The van der Waals surface area contributed by atoms with Crippen LogP contribution in [0.2, 0.25) is 5.02 Å². The Morgan fingerprint density at radius 1 is 1.22 bits per heavy atom. The molecule has 0 aliphatic carbocycles. The lowest BCUT2D eigenvalue weighted by Gasteiger charge is -2.01. The Bertz CT molecular complexity index is 664. The molecule has 0 bridgehead atoms. The Hall–Kier alpha value is -2.00. The van der Waals surface area contributed by atoms with E-state index in [9.17, 15) is 0 Å². The van der Waals surface area contributed by atoms with Crippen molar-refractivity contribution in [3.63, 3.8) is 0 Å². The number of hydrogen-bond acceptors (Lipinski definition) is 3. The van der Waals surface area contributed by atoms with E-state index in [1.165, 1.54) is 0 Å². The number of ether oxygens (including phenoxy) is 1. The van der Waals surface area contributed by atoms with Crippen molar-refractivity contribution < 1.29 is 9.15 Å². The number of nitrogens with zero attached hydrogens (tertiary/aromatic N) is 1. The zero-order chi connectivity index (χ0) is 12.4. The summed E-state index contributed by atoms with van der Waals surface area (Å²) in [5.41, 5.74) is 0.809. The van der Waals surface area contributed by atoms with Crippen LogP contribution in [-0.4, -0.2) is 4.98 Å². The fourth-order valence-electron chi connectivity index (χ4n) is 1.73. The summed E-state index contributed by atoms with van der Waals surface area (Å²) in [6.45, 7) is 0.373. The van der Waals surface area contributed by atoms with Crippen molar-refractivity contribution in [1.29, 1.82) is 0 Å². The van der Waals surface area contributed by atoms with Gasteiger partial charge in [0.05, 0.1) is 6.20 Å². The van der Waals surface area contributed by atoms with Crippen LogP contribution in [-0.2, 0) is 6.61 Å². The molecular formula is C14H10ClNO2. The van der Waals surface area contributed by atoms with Gasteiger partial charge in [-0.25, -0.2) is 0 Å². The average molecular weight is 260 g/mol. The number of pyridine rings is 1. The molecule has 0 aliphatic rings. The third-order valence-corrected chi connectivity index (χ3v) is 2.78. The minimum absolute atomic E-state index is 0.373. The lowest BCUT2D eigenvalue weighted by Crippen LogP contribution is -1.93. The molecule has 2 aromatic heterocycles. The number of halogens is 1. The molecule has 90 valence electrons. The zero-order valence-corrected chi connectivity index (χ0v) is 10.2. The highest BCUT2D eigenvalue weighted by atomic mass is 35.5. The molecule has 0 fully saturated rings. The Labute approximate surface area is 109 Å². The fraction of sp³-hybridized carbons (Fsp3) is 0.0714. The van der Waals surface area contributed by atoms with E-state index < -0.39 is 0 Å². The van der Waals surface area contributed by atoms with E-state index in [4.69, 9.17) is 20.8 Å². The van der Waals surface area contributed by atoms with Crippen LogP contribution in [0.5, 0.6) is 5.75 Å². The predicted octanol–water partition coefficient (Wildman–Crippen LogP) is 4.06. The molecule has 0 saturated carbocycles. The lowest BCUT2D eigenvalue weighted by molar-refractivity contribution is 0.273. The lowest BCUT2D eigenvalue weighted by atomic mass is 10.2. The van der Waals surface area contributed by atoms with E-state index >= 15 is 0 Å². The monoisotopic (exact) mass is 259 g/mol. The van der Waals surface area contributed by atoms with E-state index in [0.717, 1.165) is 22.5 Å². The number of benzene rings is 1. The molecule has 0 saturated heterocycles. The Morgan fingerprint density at radius 3 is 3.00 bits per heavy atom. The largest absolute Gasteiger partial charge is 0.484 e. The van der Waals surface area contributed by atoms with Gasteiger partial charge in [-0.3, -0.25) is 4.98 Å². The van der Waals surface area contributed by atoms with Gasteiger partial charge in [-0.1, -0.05) is 11.6 Å². The van der Waals surface area contributed by atoms with Crippen LogP contribution >= 0.6 is 11.6 Å². The molecule has 0 spiro atoms. The molecule has 3 aromatic rings. The maximum absolute atomic E-state index is 5.92. The summed E-state index contributed by atoms with van der Waals surface area (Å²) in [5, 5.41) is 1.68. The maximum atomic E-state index is 5.92. The van der Waals surface area contributed by atoms with Crippen LogP contribution in [0.15, 0.2) is 53.2 Å². The molecule has 0 aliphatic heterocycles. The molecule has 18 heavy (non-hydrogen) atoms. The quantitative estimate of drug-likeness (QED) is 0.711. The number of furan rings is 1. The Morgan fingerprint density at radius 2 is 2.17 bits per heavy atom. The van der Waals surface area contributed by atoms with Gasteiger partial charge in [0.2, 0.25) is 0 Å². The molecule has 3 nitrogen and oxygen atoms in total. The first kappa shape index (κ1) is 11.1. The summed E-state index contributed by atoms with van der Waals surface area (Å²) in [7, 11) is 0. The molecule has 0 radical (unpaired) electrons. The first-order valence-corrected chi connectivity index (χ1v) is 5.90. The van der Waals surface area contributed by atoms with Crippen LogP contribution in [0.3, 0.4) is 0 Å². The maximum Gasteiger partial charge on any atom is 0.146 e. The van der Waals surface area contributed by atoms with Crippen molar-refractivity contribution >= 4 is 22.6 Å². The summed E-state index contributed by atoms with van der Waals surface area (Å²) in [5.74, 6) is 1.48. The van der Waals surface area contributed by atoms with Gasteiger partial charge in [-0.05, 0) is 36.4 Å². The highest BCUT2D eigenvalue weighted by Gasteiger charge is 2.05. The second-order valence-corrected chi connectivity index (χ2v) is 4.31. The van der Waals surface area contributed by atoms with Crippen molar-refractivity contribution in [1.82, 2.24) is 4.98 Å². The van der Waals surface area contributed by atoms with Crippen LogP contribution in [0.25, 0.3) is 11.0 Å². The minimum atomic E-state index is 0.373. The third kappa shape index (κ3) is 2.31. The van der Waals surface area contributed by atoms with E-state index in [0.29, 0.717) is 11.6 Å². The first-order valence-electron chi connectivity index (χ1n) is 5.52. The summed E-state index contributed by atoms with van der Waals surface area (Å²) in [6.07, 6.45) is 3.37. The summed E-state index contributed by atoms with van der Waals surface area (Å²) in [6, 6.07) is 11.1. The SMILES string of the molecule is Clc1ccc2oc(COc3cccnc3)cc2c1. The van der Waals surface area contributed by atoms with Gasteiger partial charge in [0.25, 0.3) is 0 Å². The standard InChI is InChI=1S/C14H10ClNO2/c15-11-3-4-14-10(6-11)7-13(18-14)9-17-12-2-1-5-16-8-12/h1-8H,9H2. The highest BCUT2D eigenvalue weighted by molar-refractivity contribution is 6.31. The molecule has 4 heteroatoms. The average Bonchev–Trinajstić information content (AvgIpc) is 2.79. The van der Waals surface area contributed by atoms with Crippen LogP contribution in [0.4, 0.5) is 0 Å². The third-order valence-electron chi connectivity index (χ3n) is 2.54. The van der Waals surface area contributed by atoms with Gasteiger partial charge in [-0.2, -0.15) is 0 Å². The molecule has 0 N–H and O–H groups in total. The van der Waals surface area contributed by atoms with Crippen molar-refractivity contribution in [3.8, 4) is 5.75 Å². The van der Waals surface area contributed by atoms with E-state index in [-0.39, 0.29) is 0 Å². The summed E-state index contributed by atoms with van der Waals surface area (Å²) < 4.78 is 11.2. The minimum Gasteiger partial charge on any atom is -0.484 e. The molecule has 3 rings (SSSR count). The Kier molecular flexibility index (Phi) is 2.90. The molecule has 0 atom stereocenters. The number of rotatable bonds is 3. The fourth-order valence-corrected chi connectivity index (χ4v) is 1.91. The number of aromatic nitrogens is 1. The van der Waals surface area contributed by atoms with Gasteiger partial charge in [0.15, 0.2) is 0 Å². The Balaban J connectivity index is 1.79. The van der Waals surface area contributed by atoms with E-state index in [2.05, 4.69) is 4.98 Å². The second kappa shape index (κ2) is 4.70. The molecule has 2 heterocycles. The van der Waals surface area contributed by atoms with Crippen LogP contribution in [0, 0.1) is 0 Å². The topological polar surface area (TPSA) is 35.3 Å². The van der Waals surface area contributed by atoms with Gasteiger partial charge < -0.3 is 9.15 Å². The summed E-state index contributed by atoms with van der Waals surface area (Å²) >= 11 is 5.92.